The van der Waals surface area contributed by atoms with E-state index in [1.807, 2.05) is 6.92 Å². The Morgan fingerprint density at radius 3 is 2.68 bits per heavy atom. The van der Waals surface area contributed by atoms with Crippen molar-refractivity contribution in [3.63, 3.8) is 0 Å². The van der Waals surface area contributed by atoms with Crippen LogP contribution in [0.5, 0.6) is 5.75 Å². The number of aromatic hydroxyl groups is 1. The summed E-state index contributed by atoms with van der Waals surface area (Å²) in [5.41, 5.74) is 0.931. The van der Waals surface area contributed by atoms with Crippen LogP contribution in [0.2, 0.25) is 5.02 Å². The minimum Gasteiger partial charge on any atom is -0.507 e. The summed E-state index contributed by atoms with van der Waals surface area (Å²) in [5, 5.41) is 10.6. The highest BCUT2D eigenvalue weighted by Crippen LogP contribution is 2.28. The van der Waals surface area contributed by atoms with Gasteiger partial charge in [0.05, 0.1) is 12.2 Å². The Hall–Kier alpha value is -1.10. The summed E-state index contributed by atoms with van der Waals surface area (Å²) < 4.78 is 5.04. The molecule has 1 N–H and O–H groups in total. The Morgan fingerprint density at radius 1 is 1.47 bits per heavy atom. The van der Waals surface area contributed by atoms with E-state index in [1.165, 1.54) is 13.0 Å². The van der Waals surface area contributed by atoms with Crippen molar-refractivity contribution in [2.45, 2.75) is 20.4 Å². The molecule has 0 amide bonds. The van der Waals surface area contributed by atoms with Gasteiger partial charge in [-0.15, -0.1) is 0 Å². The second kappa shape index (κ2) is 7.48. The number of rotatable bonds is 7. The van der Waals surface area contributed by atoms with E-state index >= 15 is 0 Å². The first-order valence-corrected chi connectivity index (χ1v) is 6.61. The molecule has 1 rings (SSSR count). The maximum absolute atomic E-state index is 11.4. The molecule has 0 fully saturated rings. The van der Waals surface area contributed by atoms with Gasteiger partial charge in [0.1, 0.15) is 5.75 Å². The number of carbonyl (C=O) groups excluding carboxylic acids is 1. The highest BCUT2D eigenvalue weighted by atomic mass is 35.5. The van der Waals surface area contributed by atoms with Crippen LogP contribution in [-0.4, -0.2) is 42.6 Å². The lowest BCUT2D eigenvalue weighted by Crippen LogP contribution is -2.26. The van der Waals surface area contributed by atoms with Crippen molar-refractivity contribution in [1.82, 2.24) is 4.90 Å². The van der Waals surface area contributed by atoms with Crippen LogP contribution >= 0.6 is 11.6 Å². The number of methoxy groups -OCH3 is 1. The molecule has 0 unspecified atom stereocenters. The minimum absolute atomic E-state index is 0.0211. The number of Topliss-reactive ketones (excluding diaryl/α,β-unsaturated/α-hetero) is 1. The molecule has 0 aromatic heterocycles. The summed E-state index contributed by atoms with van der Waals surface area (Å²) in [6.45, 7) is 6.18. The molecule has 4 nitrogen and oxygen atoms in total. The average Bonchev–Trinajstić information content (AvgIpc) is 2.37. The fourth-order valence-electron chi connectivity index (χ4n) is 1.85. The highest BCUT2D eigenvalue weighted by Gasteiger charge is 2.15. The van der Waals surface area contributed by atoms with E-state index in [0.29, 0.717) is 23.7 Å². The zero-order valence-electron chi connectivity index (χ0n) is 11.6. The van der Waals surface area contributed by atoms with Gasteiger partial charge in [0.25, 0.3) is 0 Å². The molecule has 19 heavy (non-hydrogen) atoms. The van der Waals surface area contributed by atoms with Gasteiger partial charge in [-0.3, -0.25) is 9.69 Å². The van der Waals surface area contributed by atoms with Crippen LogP contribution in [0.4, 0.5) is 0 Å². The molecule has 0 saturated carbocycles. The third-order valence-corrected chi connectivity index (χ3v) is 3.20. The first kappa shape index (κ1) is 16.0. The van der Waals surface area contributed by atoms with Crippen molar-refractivity contribution in [1.29, 1.82) is 0 Å². The third-order valence-electron chi connectivity index (χ3n) is 2.99. The molecule has 0 bridgehead atoms. The van der Waals surface area contributed by atoms with E-state index in [-0.39, 0.29) is 17.1 Å². The van der Waals surface area contributed by atoms with Crippen molar-refractivity contribution < 1.29 is 14.6 Å². The van der Waals surface area contributed by atoms with Gasteiger partial charge in [0, 0.05) is 30.8 Å². The molecular formula is C14H20ClNO3. The Morgan fingerprint density at radius 2 is 2.16 bits per heavy atom. The van der Waals surface area contributed by atoms with Crippen molar-refractivity contribution in [2.75, 3.05) is 26.8 Å². The van der Waals surface area contributed by atoms with Crippen molar-refractivity contribution in [2.24, 2.45) is 0 Å². The van der Waals surface area contributed by atoms with E-state index in [1.54, 1.807) is 13.2 Å². The van der Waals surface area contributed by atoms with Gasteiger partial charge in [-0.1, -0.05) is 18.5 Å². The smallest absolute Gasteiger partial charge is 0.163 e. The molecule has 0 aliphatic heterocycles. The van der Waals surface area contributed by atoms with Gasteiger partial charge in [0.15, 0.2) is 5.78 Å². The number of ether oxygens (including phenoxy) is 1. The summed E-state index contributed by atoms with van der Waals surface area (Å²) in [6, 6.07) is 3.19. The van der Waals surface area contributed by atoms with Gasteiger partial charge in [-0.2, -0.15) is 0 Å². The van der Waals surface area contributed by atoms with Crippen molar-refractivity contribution >= 4 is 17.4 Å². The fourth-order valence-corrected chi connectivity index (χ4v) is 2.10. The first-order valence-electron chi connectivity index (χ1n) is 6.23. The maximum atomic E-state index is 11.4. The third kappa shape index (κ3) is 4.49. The number of carbonyl (C=O) groups is 1. The Balaban J connectivity index is 2.96. The number of hydrogen-bond donors (Lipinski definition) is 1. The zero-order valence-corrected chi connectivity index (χ0v) is 12.3. The molecule has 0 aliphatic rings. The quantitative estimate of drug-likeness (QED) is 0.783. The lowest BCUT2D eigenvalue weighted by molar-refractivity contribution is 0.101. The number of phenols is 1. The number of hydrogen-bond acceptors (Lipinski definition) is 4. The SMILES string of the molecule is CCN(CCOC)Cc1cc(Cl)cc(C(C)=O)c1O. The monoisotopic (exact) mass is 285 g/mol. The van der Waals surface area contributed by atoms with Crippen LogP contribution < -0.4 is 0 Å². The van der Waals surface area contributed by atoms with Gasteiger partial charge in [-0.05, 0) is 25.6 Å². The van der Waals surface area contributed by atoms with Crippen molar-refractivity contribution in [3.8, 4) is 5.75 Å². The zero-order chi connectivity index (χ0) is 14.4. The number of halogens is 1. The van der Waals surface area contributed by atoms with Crippen LogP contribution in [0.1, 0.15) is 29.8 Å². The van der Waals surface area contributed by atoms with Crippen LogP contribution in [0.3, 0.4) is 0 Å². The number of benzene rings is 1. The normalized spacial score (nSPS) is 11.0. The molecule has 106 valence electrons. The Bertz CT molecular complexity index is 449. The van der Waals surface area contributed by atoms with E-state index in [0.717, 1.165) is 13.1 Å². The number of likely N-dealkylation sites (N-methyl/N-ethyl adjacent to an activating group) is 1. The lowest BCUT2D eigenvalue weighted by atomic mass is 10.1. The summed E-state index contributed by atoms with van der Waals surface area (Å²) in [7, 11) is 1.65. The number of phenolic OH excluding ortho intramolecular Hbond substituents is 1. The molecular weight excluding hydrogens is 266 g/mol. The molecule has 0 atom stereocenters. The molecule has 0 radical (unpaired) electrons. The predicted molar refractivity (Wildman–Crippen MR) is 75.9 cm³/mol. The van der Waals surface area contributed by atoms with Gasteiger partial charge in [0.2, 0.25) is 0 Å². The van der Waals surface area contributed by atoms with E-state index < -0.39 is 0 Å². The number of nitrogens with zero attached hydrogens (tertiary/aromatic N) is 1. The largest absolute Gasteiger partial charge is 0.507 e. The lowest BCUT2D eigenvalue weighted by Gasteiger charge is -2.21. The average molecular weight is 286 g/mol. The van der Waals surface area contributed by atoms with E-state index in [9.17, 15) is 9.90 Å². The Kier molecular flexibility index (Phi) is 6.28. The topological polar surface area (TPSA) is 49.8 Å². The van der Waals surface area contributed by atoms with E-state index in [2.05, 4.69) is 4.90 Å². The Labute approximate surface area is 118 Å². The summed E-state index contributed by atoms with van der Waals surface area (Å²) in [5.74, 6) is -0.172. The summed E-state index contributed by atoms with van der Waals surface area (Å²) >= 11 is 5.99. The van der Waals surface area contributed by atoms with Crippen LogP contribution in [0, 0.1) is 0 Å². The molecule has 0 aliphatic carbocycles. The van der Waals surface area contributed by atoms with Crippen LogP contribution in [0.25, 0.3) is 0 Å². The maximum Gasteiger partial charge on any atom is 0.163 e. The fraction of sp³-hybridized carbons (Fsp3) is 0.500. The van der Waals surface area contributed by atoms with Gasteiger partial charge >= 0.3 is 0 Å². The van der Waals surface area contributed by atoms with Crippen molar-refractivity contribution in [3.05, 3.63) is 28.3 Å². The standard InChI is InChI=1S/C14H20ClNO3/c1-4-16(5-6-19-3)9-11-7-12(15)8-13(10(2)17)14(11)18/h7-8,18H,4-6,9H2,1-3H3. The molecule has 0 saturated heterocycles. The minimum atomic E-state index is -0.193. The van der Waals surface area contributed by atoms with E-state index in [4.69, 9.17) is 16.3 Å². The summed E-state index contributed by atoms with van der Waals surface area (Å²) in [6.07, 6.45) is 0. The molecule has 1 aromatic carbocycles. The molecule has 1 aromatic rings. The van der Waals surface area contributed by atoms with Gasteiger partial charge < -0.3 is 9.84 Å². The highest BCUT2D eigenvalue weighted by molar-refractivity contribution is 6.31. The summed E-state index contributed by atoms with van der Waals surface area (Å²) in [4.78, 5) is 13.6. The van der Waals surface area contributed by atoms with Crippen LogP contribution in [-0.2, 0) is 11.3 Å². The first-order chi connectivity index (χ1) is 8.99. The van der Waals surface area contributed by atoms with Gasteiger partial charge in [-0.25, -0.2) is 0 Å². The molecule has 5 heteroatoms. The number of ketones is 1. The predicted octanol–water partition coefficient (Wildman–Crippen LogP) is 2.72. The molecule has 0 spiro atoms. The van der Waals surface area contributed by atoms with Crippen LogP contribution in [0.15, 0.2) is 12.1 Å². The second-order valence-electron chi connectivity index (χ2n) is 4.38. The second-order valence-corrected chi connectivity index (χ2v) is 4.82. The molecule has 0 heterocycles.